The average Bonchev–Trinajstić information content (AvgIpc) is 2.98. The number of hydrogen-bond acceptors (Lipinski definition) is 3. The molecule has 0 amide bonds. The number of fused-ring (bicyclic) bond motifs is 1. The molecule has 3 heteroatoms. The summed E-state index contributed by atoms with van der Waals surface area (Å²) in [5, 5.41) is 7.18. The summed E-state index contributed by atoms with van der Waals surface area (Å²) in [5.41, 5.74) is 3.91. The standard InChI is InChI=1S/C18H20N2S/c1-3-9-20-17(16-12-19-10-7-13(16)2)15-6-4-5-14-8-11-21-18(14)15/h4-8,10-12,17,20H,3,9H2,1-2H3. The third-order valence-electron chi connectivity index (χ3n) is 3.81. The maximum absolute atomic E-state index is 4.33. The first kappa shape index (κ1) is 14.2. The zero-order chi connectivity index (χ0) is 14.7. The fourth-order valence-electron chi connectivity index (χ4n) is 2.70. The van der Waals surface area contributed by atoms with Crippen LogP contribution in [-0.2, 0) is 0 Å². The number of aromatic nitrogens is 1. The van der Waals surface area contributed by atoms with Gasteiger partial charge in [-0.05, 0) is 59.5 Å². The van der Waals surface area contributed by atoms with Gasteiger partial charge in [0.05, 0.1) is 6.04 Å². The first-order chi connectivity index (χ1) is 10.3. The van der Waals surface area contributed by atoms with Crippen LogP contribution in [0.1, 0.15) is 36.1 Å². The maximum atomic E-state index is 4.33. The van der Waals surface area contributed by atoms with E-state index in [2.05, 4.69) is 59.9 Å². The van der Waals surface area contributed by atoms with Gasteiger partial charge in [-0.15, -0.1) is 11.3 Å². The summed E-state index contributed by atoms with van der Waals surface area (Å²) in [4.78, 5) is 4.33. The van der Waals surface area contributed by atoms with Crippen LogP contribution in [0.4, 0.5) is 0 Å². The smallest absolute Gasteiger partial charge is 0.0608 e. The lowest BCUT2D eigenvalue weighted by Crippen LogP contribution is -2.24. The molecule has 1 unspecified atom stereocenters. The number of nitrogens with zero attached hydrogens (tertiary/aromatic N) is 1. The number of hydrogen-bond donors (Lipinski definition) is 1. The van der Waals surface area contributed by atoms with Gasteiger partial charge >= 0.3 is 0 Å². The lowest BCUT2D eigenvalue weighted by Gasteiger charge is -2.21. The zero-order valence-corrected chi connectivity index (χ0v) is 13.3. The zero-order valence-electron chi connectivity index (χ0n) is 12.5. The molecule has 1 N–H and O–H groups in total. The number of thiophene rings is 1. The van der Waals surface area contributed by atoms with Gasteiger partial charge in [-0.25, -0.2) is 0 Å². The molecule has 0 saturated carbocycles. The minimum absolute atomic E-state index is 0.209. The van der Waals surface area contributed by atoms with E-state index in [1.165, 1.54) is 26.8 Å². The molecule has 0 fully saturated rings. The minimum Gasteiger partial charge on any atom is -0.306 e. The number of nitrogens with one attached hydrogen (secondary N) is 1. The van der Waals surface area contributed by atoms with E-state index in [9.17, 15) is 0 Å². The van der Waals surface area contributed by atoms with Crippen molar-refractivity contribution in [3.05, 3.63) is 64.8 Å². The Labute approximate surface area is 129 Å². The van der Waals surface area contributed by atoms with Crippen molar-refractivity contribution in [3.63, 3.8) is 0 Å². The lowest BCUT2D eigenvalue weighted by molar-refractivity contribution is 0.598. The molecule has 0 radical (unpaired) electrons. The van der Waals surface area contributed by atoms with E-state index in [0.29, 0.717) is 0 Å². The quantitative estimate of drug-likeness (QED) is 0.738. The highest BCUT2D eigenvalue weighted by Crippen LogP contribution is 2.33. The van der Waals surface area contributed by atoms with E-state index in [1.54, 1.807) is 0 Å². The first-order valence-corrected chi connectivity index (χ1v) is 8.29. The molecular weight excluding hydrogens is 276 g/mol. The van der Waals surface area contributed by atoms with Gasteiger partial charge in [0.1, 0.15) is 0 Å². The van der Waals surface area contributed by atoms with Crippen molar-refractivity contribution in [2.24, 2.45) is 0 Å². The van der Waals surface area contributed by atoms with Crippen molar-refractivity contribution in [3.8, 4) is 0 Å². The largest absolute Gasteiger partial charge is 0.306 e. The van der Waals surface area contributed by atoms with Crippen LogP contribution in [0.2, 0.25) is 0 Å². The molecule has 108 valence electrons. The Morgan fingerprint density at radius 2 is 2.10 bits per heavy atom. The summed E-state index contributed by atoms with van der Waals surface area (Å²) in [6.07, 6.45) is 4.98. The summed E-state index contributed by atoms with van der Waals surface area (Å²) in [6, 6.07) is 11.1. The molecule has 0 aliphatic heterocycles. The van der Waals surface area contributed by atoms with Gasteiger partial charge < -0.3 is 5.32 Å². The Morgan fingerprint density at radius 1 is 1.19 bits per heavy atom. The minimum atomic E-state index is 0.209. The molecule has 0 spiro atoms. The van der Waals surface area contributed by atoms with Crippen molar-refractivity contribution in [2.45, 2.75) is 26.3 Å². The first-order valence-electron chi connectivity index (χ1n) is 7.41. The molecule has 2 nitrogen and oxygen atoms in total. The van der Waals surface area contributed by atoms with E-state index in [4.69, 9.17) is 0 Å². The van der Waals surface area contributed by atoms with Gasteiger partial charge in [-0.2, -0.15) is 0 Å². The number of pyridine rings is 1. The molecule has 0 bridgehead atoms. The molecule has 1 atom stereocenters. The highest BCUT2D eigenvalue weighted by Gasteiger charge is 2.18. The van der Waals surface area contributed by atoms with Crippen LogP contribution in [0.3, 0.4) is 0 Å². The number of rotatable bonds is 5. The Balaban J connectivity index is 2.11. The number of benzene rings is 1. The van der Waals surface area contributed by atoms with Crippen LogP contribution in [0, 0.1) is 6.92 Å². The summed E-state index contributed by atoms with van der Waals surface area (Å²) in [5.74, 6) is 0. The number of aryl methyl sites for hydroxylation is 1. The predicted octanol–water partition coefficient (Wildman–Crippen LogP) is 4.69. The molecule has 0 aliphatic carbocycles. The Kier molecular flexibility index (Phi) is 4.32. The fourth-order valence-corrected chi connectivity index (χ4v) is 3.64. The molecule has 21 heavy (non-hydrogen) atoms. The van der Waals surface area contributed by atoms with Gasteiger partial charge in [0, 0.05) is 17.1 Å². The summed E-state index contributed by atoms with van der Waals surface area (Å²) in [6.45, 7) is 5.36. The lowest BCUT2D eigenvalue weighted by atomic mass is 9.96. The van der Waals surface area contributed by atoms with Crippen molar-refractivity contribution in [1.82, 2.24) is 10.3 Å². The second kappa shape index (κ2) is 6.37. The van der Waals surface area contributed by atoms with Gasteiger partial charge in [-0.1, -0.05) is 25.1 Å². The van der Waals surface area contributed by atoms with Crippen molar-refractivity contribution < 1.29 is 0 Å². The Bertz CT molecular complexity index is 733. The third-order valence-corrected chi connectivity index (χ3v) is 4.79. The molecule has 1 aromatic carbocycles. The second-order valence-corrected chi connectivity index (χ2v) is 6.22. The van der Waals surface area contributed by atoms with Gasteiger partial charge in [0.2, 0.25) is 0 Å². The van der Waals surface area contributed by atoms with E-state index >= 15 is 0 Å². The molecule has 0 aliphatic rings. The topological polar surface area (TPSA) is 24.9 Å². The summed E-state index contributed by atoms with van der Waals surface area (Å²) < 4.78 is 1.37. The van der Waals surface area contributed by atoms with Crippen molar-refractivity contribution in [2.75, 3.05) is 6.54 Å². The van der Waals surface area contributed by atoms with Gasteiger partial charge in [0.15, 0.2) is 0 Å². The Hall–Kier alpha value is -1.71. The molecule has 0 saturated heterocycles. The van der Waals surface area contributed by atoms with E-state index in [0.717, 1.165) is 13.0 Å². The molecule has 3 aromatic rings. The van der Waals surface area contributed by atoms with E-state index in [1.807, 2.05) is 23.7 Å². The summed E-state index contributed by atoms with van der Waals surface area (Å²) >= 11 is 1.82. The van der Waals surface area contributed by atoms with Gasteiger partial charge in [0.25, 0.3) is 0 Å². The van der Waals surface area contributed by atoms with Crippen molar-refractivity contribution >= 4 is 21.4 Å². The second-order valence-electron chi connectivity index (χ2n) is 5.31. The normalized spacial score (nSPS) is 12.7. The highest BCUT2D eigenvalue weighted by atomic mass is 32.1. The average molecular weight is 296 g/mol. The van der Waals surface area contributed by atoms with Crippen LogP contribution in [0.5, 0.6) is 0 Å². The Morgan fingerprint density at radius 3 is 2.90 bits per heavy atom. The predicted molar refractivity (Wildman–Crippen MR) is 90.9 cm³/mol. The monoisotopic (exact) mass is 296 g/mol. The summed E-state index contributed by atoms with van der Waals surface area (Å²) in [7, 11) is 0. The van der Waals surface area contributed by atoms with Crippen LogP contribution in [-0.4, -0.2) is 11.5 Å². The van der Waals surface area contributed by atoms with E-state index in [-0.39, 0.29) is 6.04 Å². The van der Waals surface area contributed by atoms with E-state index < -0.39 is 0 Å². The van der Waals surface area contributed by atoms with Crippen LogP contribution < -0.4 is 5.32 Å². The van der Waals surface area contributed by atoms with Crippen LogP contribution in [0.25, 0.3) is 10.1 Å². The van der Waals surface area contributed by atoms with Gasteiger partial charge in [-0.3, -0.25) is 4.98 Å². The third kappa shape index (κ3) is 2.85. The molecule has 2 aromatic heterocycles. The SMILES string of the molecule is CCCNC(c1cnccc1C)c1cccc2ccsc12. The maximum Gasteiger partial charge on any atom is 0.0608 e. The molecule has 2 heterocycles. The fraction of sp³-hybridized carbons (Fsp3) is 0.278. The van der Waals surface area contributed by atoms with Crippen LogP contribution in [0.15, 0.2) is 48.1 Å². The van der Waals surface area contributed by atoms with Crippen molar-refractivity contribution in [1.29, 1.82) is 0 Å². The highest BCUT2D eigenvalue weighted by molar-refractivity contribution is 7.17. The molecule has 3 rings (SSSR count). The molecular formula is C18H20N2S. The van der Waals surface area contributed by atoms with Crippen LogP contribution >= 0.6 is 11.3 Å².